The molecule has 10 nitrogen and oxygen atoms in total. The first kappa shape index (κ1) is 28.2. The molecule has 0 aromatic heterocycles. The Morgan fingerprint density at radius 2 is 1.07 bits per heavy atom. The summed E-state index contributed by atoms with van der Waals surface area (Å²) in [5.41, 5.74) is 9.42. The van der Waals surface area contributed by atoms with Crippen molar-refractivity contribution in [2.24, 2.45) is 22.3 Å². The van der Waals surface area contributed by atoms with Gasteiger partial charge in [0.1, 0.15) is 0 Å². The Kier molecular flexibility index (Phi) is 9.29. The summed E-state index contributed by atoms with van der Waals surface area (Å²) >= 11 is 9.98. The highest BCUT2D eigenvalue weighted by Gasteiger charge is 2.47. The summed E-state index contributed by atoms with van der Waals surface area (Å²) in [4.78, 5) is 1.88. The number of thiocarbonyl (C=S) groups is 2. The molecule has 172 valence electrons. The van der Waals surface area contributed by atoms with E-state index in [-0.39, 0.29) is 0 Å². The van der Waals surface area contributed by atoms with Gasteiger partial charge < -0.3 is 21.3 Å². The zero-order valence-corrected chi connectivity index (χ0v) is 20.8. The third-order valence-corrected chi connectivity index (χ3v) is 8.54. The molecule has 14 heteroatoms. The van der Waals surface area contributed by atoms with Crippen molar-refractivity contribution in [3.05, 3.63) is 0 Å². The van der Waals surface area contributed by atoms with Gasteiger partial charge >= 0.3 is 0 Å². The minimum atomic E-state index is -4.72. The maximum Gasteiger partial charge on any atom is 0.286 e. The fourth-order valence-corrected chi connectivity index (χ4v) is 6.41. The second kappa shape index (κ2) is 9.56. The average Bonchev–Trinajstić information content (AvgIpc) is 2.49. The molecule has 6 N–H and O–H groups in total. The predicted octanol–water partition coefficient (Wildman–Crippen LogP) is 1.34. The number of nitrogens with two attached hydrogens (primary N) is 2. The van der Waals surface area contributed by atoms with Gasteiger partial charge in [-0.15, -0.1) is 0 Å². The van der Waals surface area contributed by atoms with Crippen LogP contribution < -0.4 is 11.5 Å². The molecule has 0 amide bonds. The Morgan fingerprint density at radius 3 is 1.21 bits per heavy atom. The van der Waals surface area contributed by atoms with Crippen molar-refractivity contribution < 1.29 is 25.9 Å². The Hall–Kier alpha value is -0.800. The highest BCUT2D eigenvalue weighted by Crippen LogP contribution is 2.35. The molecule has 0 heterocycles. The van der Waals surface area contributed by atoms with E-state index in [0.717, 1.165) is 9.80 Å². The van der Waals surface area contributed by atoms with Crippen LogP contribution in [0.4, 0.5) is 0 Å². The van der Waals surface area contributed by atoms with Crippen LogP contribution in [0, 0.1) is 10.8 Å². The number of hydrogen-bond acceptors (Lipinski definition) is 6. The molecular weight excluding hydrogens is 460 g/mol. The van der Waals surface area contributed by atoms with Crippen molar-refractivity contribution in [2.45, 2.75) is 65.1 Å². The zero-order valence-electron chi connectivity index (χ0n) is 17.5. The summed E-state index contributed by atoms with van der Waals surface area (Å²) in [7, 11) is -9.43. The molecule has 0 aliphatic heterocycles. The van der Waals surface area contributed by atoms with E-state index in [1.165, 1.54) is 0 Å². The molecule has 2 unspecified atom stereocenters. The standard InChI is InChI=1S/C15H32N4O6S4/c1-7-14(3,4)10(28(20,21)22)18(12(16)26)9-19(13(17)27)11(29(23,24)25)15(5,6)8-2/h10-11H,7-9H2,1-6H3,(H2,16,26)(H2,17,27)(H,20,21,22)(H,23,24,25). The van der Waals surface area contributed by atoms with Gasteiger partial charge in [-0.25, -0.2) is 0 Å². The SMILES string of the molecule is CCC(C)(C)C(N(CN(C(N)=S)C(C(C)(C)CC)S(=O)(=O)O)C(N)=S)S(=O)(=O)O. The highest BCUT2D eigenvalue weighted by molar-refractivity contribution is 7.87. The van der Waals surface area contributed by atoms with Gasteiger partial charge in [0.15, 0.2) is 21.0 Å². The quantitative estimate of drug-likeness (QED) is 0.196. The van der Waals surface area contributed by atoms with E-state index in [4.69, 9.17) is 35.9 Å². The fourth-order valence-electron chi connectivity index (χ4n) is 3.00. The van der Waals surface area contributed by atoms with E-state index in [1.54, 1.807) is 41.5 Å². The van der Waals surface area contributed by atoms with Gasteiger partial charge in [-0.1, -0.05) is 41.5 Å². The predicted molar refractivity (Wildman–Crippen MR) is 121 cm³/mol. The molecule has 0 saturated carbocycles. The Balaban J connectivity index is 6.67. The molecule has 0 fully saturated rings. The topological polar surface area (TPSA) is 167 Å². The minimum absolute atomic E-state index is 0.311. The van der Waals surface area contributed by atoms with E-state index in [0.29, 0.717) is 12.8 Å². The first-order valence-electron chi connectivity index (χ1n) is 8.78. The van der Waals surface area contributed by atoms with E-state index < -0.39 is 58.7 Å². The van der Waals surface area contributed by atoms with Crippen LogP contribution in [0.1, 0.15) is 54.4 Å². The van der Waals surface area contributed by atoms with Gasteiger partial charge in [0.05, 0.1) is 6.67 Å². The van der Waals surface area contributed by atoms with Crippen molar-refractivity contribution in [3.63, 3.8) is 0 Å². The van der Waals surface area contributed by atoms with Crippen LogP contribution in [0.15, 0.2) is 0 Å². The van der Waals surface area contributed by atoms with E-state index in [9.17, 15) is 25.9 Å². The molecule has 0 saturated heterocycles. The lowest BCUT2D eigenvalue weighted by Crippen LogP contribution is -2.62. The molecule has 0 spiro atoms. The molecule has 0 aromatic carbocycles. The molecule has 0 aliphatic carbocycles. The van der Waals surface area contributed by atoms with Gasteiger partial charge in [0.25, 0.3) is 20.2 Å². The van der Waals surface area contributed by atoms with Crippen LogP contribution in [0.2, 0.25) is 0 Å². The normalized spacial score (nSPS) is 15.4. The Morgan fingerprint density at radius 1 is 0.828 bits per heavy atom. The minimum Gasteiger partial charge on any atom is -0.376 e. The first-order chi connectivity index (χ1) is 12.7. The Labute approximate surface area is 184 Å². The summed E-state index contributed by atoms with van der Waals surface area (Å²) in [6.45, 7) is 9.17. The molecular formula is C15H32N4O6S4. The zero-order chi connectivity index (χ0) is 23.6. The first-order valence-corrected chi connectivity index (χ1v) is 12.6. The number of nitrogens with zero attached hydrogens (tertiary/aromatic N) is 2. The van der Waals surface area contributed by atoms with Crippen molar-refractivity contribution in [1.29, 1.82) is 0 Å². The summed E-state index contributed by atoms with van der Waals surface area (Å²) < 4.78 is 68.6. The van der Waals surface area contributed by atoms with Crippen LogP contribution in [0.5, 0.6) is 0 Å². The highest BCUT2D eigenvalue weighted by atomic mass is 32.2. The Bertz CT molecular complexity index is 758. The third kappa shape index (κ3) is 7.14. The van der Waals surface area contributed by atoms with Crippen LogP contribution in [0.3, 0.4) is 0 Å². The van der Waals surface area contributed by atoms with Crippen molar-refractivity contribution in [3.8, 4) is 0 Å². The summed E-state index contributed by atoms with van der Waals surface area (Å²) in [5, 5.41) is -4.06. The largest absolute Gasteiger partial charge is 0.376 e. The van der Waals surface area contributed by atoms with Crippen molar-refractivity contribution in [2.75, 3.05) is 6.67 Å². The van der Waals surface area contributed by atoms with Gasteiger partial charge in [-0.3, -0.25) is 9.11 Å². The second-order valence-electron chi connectivity index (χ2n) is 8.18. The van der Waals surface area contributed by atoms with Crippen LogP contribution in [0.25, 0.3) is 0 Å². The molecule has 2 atom stereocenters. The molecule has 0 radical (unpaired) electrons. The van der Waals surface area contributed by atoms with E-state index in [2.05, 4.69) is 0 Å². The lowest BCUT2D eigenvalue weighted by Gasteiger charge is -2.45. The van der Waals surface area contributed by atoms with Gasteiger partial charge in [-0.2, -0.15) is 16.8 Å². The van der Waals surface area contributed by atoms with E-state index >= 15 is 0 Å². The number of rotatable bonds is 10. The summed E-state index contributed by atoms with van der Waals surface area (Å²) in [5.74, 6) is 0. The third-order valence-electron chi connectivity index (χ3n) is 5.16. The maximum absolute atomic E-state index is 12.2. The average molecular weight is 493 g/mol. The molecule has 0 rings (SSSR count). The lowest BCUT2D eigenvalue weighted by atomic mass is 9.88. The van der Waals surface area contributed by atoms with Gasteiger partial charge in [0, 0.05) is 10.8 Å². The number of hydrogen-bond donors (Lipinski definition) is 4. The van der Waals surface area contributed by atoms with Crippen LogP contribution in [-0.2, 0) is 20.2 Å². The summed E-state index contributed by atoms with van der Waals surface area (Å²) in [6, 6.07) is 0. The molecule has 29 heavy (non-hydrogen) atoms. The lowest BCUT2D eigenvalue weighted by molar-refractivity contribution is 0.116. The van der Waals surface area contributed by atoms with Crippen molar-refractivity contribution in [1.82, 2.24) is 9.80 Å². The van der Waals surface area contributed by atoms with Gasteiger partial charge in [0.2, 0.25) is 0 Å². The second-order valence-corrected chi connectivity index (χ2v) is 12.0. The van der Waals surface area contributed by atoms with E-state index in [1.807, 2.05) is 0 Å². The summed E-state index contributed by atoms with van der Waals surface area (Å²) in [6.07, 6.45) is 0.623. The molecule has 0 aromatic rings. The maximum atomic E-state index is 12.2. The smallest absolute Gasteiger partial charge is 0.286 e. The molecule has 0 aliphatic rings. The van der Waals surface area contributed by atoms with Crippen LogP contribution >= 0.6 is 24.4 Å². The van der Waals surface area contributed by atoms with Gasteiger partial charge in [-0.05, 0) is 37.3 Å². The fraction of sp³-hybridized carbons (Fsp3) is 0.867. The van der Waals surface area contributed by atoms with Crippen LogP contribution in [-0.4, -0.2) is 63.4 Å². The monoisotopic (exact) mass is 492 g/mol. The molecule has 0 bridgehead atoms. The van der Waals surface area contributed by atoms with Crippen molar-refractivity contribution >= 4 is 54.9 Å².